The van der Waals surface area contributed by atoms with E-state index in [0.717, 1.165) is 12.8 Å². The van der Waals surface area contributed by atoms with Crippen molar-refractivity contribution >= 4 is 23.2 Å². The minimum absolute atomic E-state index is 0.285. The van der Waals surface area contributed by atoms with Gasteiger partial charge in [0.05, 0.1) is 18.4 Å². The van der Waals surface area contributed by atoms with Crippen molar-refractivity contribution in [1.82, 2.24) is 0 Å². The van der Waals surface area contributed by atoms with E-state index in [0.29, 0.717) is 29.3 Å². The Bertz CT molecular complexity index is 776. The first kappa shape index (κ1) is 20.5. The molecule has 2 rings (SSSR count). The molecule has 2 N–H and O–H groups in total. The van der Waals surface area contributed by atoms with E-state index in [1.807, 2.05) is 0 Å². The van der Waals surface area contributed by atoms with Gasteiger partial charge < -0.3 is 20.1 Å². The highest BCUT2D eigenvalue weighted by atomic mass is 16.5. The molecule has 0 aliphatic rings. The van der Waals surface area contributed by atoms with Crippen LogP contribution in [0, 0.1) is 0 Å². The Labute approximate surface area is 159 Å². The van der Waals surface area contributed by atoms with Crippen LogP contribution in [0.3, 0.4) is 0 Å². The molecule has 2 amide bonds. The van der Waals surface area contributed by atoms with E-state index in [1.165, 1.54) is 0 Å². The molecule has 27 heavy (non-hydrogen) atoms. The van der Waals surface area contributed by atoms with Gasteiger partial charge >= 0.3 is 0 Å². The quantitative estimate of drug-likeness (QED) is 0.652. The highest BCUT2D eigenvalue weighted by Crippen LogP contribution is 2.20. The molecule has 6 nitrogen and oxygen atoms in total. The van der Waals surface area contributed by atoms with Crippen molar-refractivity contribution in [3.8, 4) is 5.75 Å². The molecule has 0 spiro atoms. The summed E-state index contributed by atoms with van der Waals surface area (Å²) in [5.74, 6) is 0.0406. The van der Waals surface area contributed by atoms with Gasteiger partial charge in [0.1, 0.15) is 11.9 Å². The van der Waals surface area contributed by atoms with Crippen LogP contribution in [-0.2, 0) is 9.53 Å². The van der Waals surface area contributed by atoms with Crippen LogP contribution in [-0.4, -0.2) is 31.6 Å². The van der Waals surface area contributed by atoms with Crippen LogP contribution in [0.4, 0.5) is 11.4 Å². The molecule has 144 valence electrons. The molecule has 0 saturated heterocycles. The lowest BCUT2D eigenvalue weighted by molar-refractivity contribution is -0.126. The monoisotopic (exact) mass is 370 g/mol. The lowest BCUT2D eigenvalue weighted by Gasteiger charge is -2.15. The fourth-order valence-corrected chi connectivity index (χ4v) is 2.40. The van der Waals surface area contributed by atoms with E-state index < -0.39 is 6.10 Å². The normalized spacial score (nSPS) is 11.5. The van der Waals surface area contributed by atoms with E-state index in [1.54, 1.807) is 62.6 Å². The zero-order chi connectivity index (χ0) is 19.6. The van der Waals surface area contributed by atoms with E-state index in [9.17, 15) is 9.59 Å². The van der Waals surface area contributed by atoms with Gasteiger partial charge in [-0.1, -0.05) is 31.5 Å². The number of ether oxygens (including phenoxy) is 2. The summed E-state index contributed by atoms with van der Waals surface area (Å²) in [7, 11) is 1.56. The Morgan fingerprint density at radius 3 is 2.59 bits per heavy atom. The van der Waals surface area contributed by atoms with Gasteiger partial charge in [-0.25, -0.2) is 0 Å². The van der Waals surface area contributed by atoms with Crippen LogP contribution >= 0.6 is 0 Å². The zero-order valence-electron chi connectivity index (χ0n) is 16.0. The van der Waals surface area contributed by atoms with Crippen molar-refractivity contribution in [3.63, 3.8) is 0 Å². The number of para-hydroxylation sites is 1. The molecule has 0 saturated carbocycles. The van der Waals surface area contributed by atoms with Gasteiger partial charge in [-0.3, -0.25) is 9.59 Å². The van der Waals surface area contributed by atoms with Crippen molar-refractivity contribution in [2.45, 2.75) is 32.8 Å². The number of unbranched alkanes of at least 4 members (excludes halogenated alkanes) is 1. The third-order valence-corrected chi connectivity index (χ3v) is 3.99. The Balaban J connectivity index is 2.07. The summed E-state index contributed by atoms with van der Waals surface area (Å²) in [6.07, 6.45) is 1.31. The summed E-state index contributed by atoms with van der Waals surface area (Å²) in [5, 5.41) is 5.59. The molecule has 0 bridgehead atoms. The van der Waals surface area contributed by atoms with Gasteiger partial charge in [0.25, 0.3) is 11.8 Å². The molecule has 0 aromatic heterocycles. The standard InChI is InChI=1S/C21H26N2O4/c1-4-5-13-27-15(2)20(24)23-19-12-7-6-11-18(19)21(25)22-16-9-8-10-17(14-16)26-3/h6-12,14-15H,4-5,13H2,1-3H3,(H,22,25)(H,23,24). The van der Waals surface area contributed by atoms with E-state index in [-0.39, 0.29) is 11.8 Å². The Morgan fingerprint density at radius 1 is 1.07 bits per heavy atom. The number of anilines is 2. The predicted octanol–water partition coefficient (Wildman–Crippen LogP) is 4.09. The van der Waals surface area contributed by atoms with Gasteiger partial charge in [0.15, 0.2) is 0 Å². The van der Waals surface area contributed by atoms with Gasteiger partial charge in [-0.05, 0) is 37.6 Å². The summed E-state index contributed by atoms with van der Waals surface area (Å²) < 4.78 is 10.7. The Morgan fingerprint density at radius 2 is 1.85 bits per heavy atom. The second-order valence-corrected chi connectivity index (χ2v) is 6.09. The highest BCUT2D eigenvalue weighted by molar-refractivity contribution is 6.10. The first-order chi connectivity index (χ1) is 13.0. The average molecular weight is 370 g/mol. The average Bonchev–Trinajstić information content (AvgIpc) is 2.68. The maximum Gasteiger partial charge on any atom is 0.257 e. The van der Waals surface area contributed by atoms with Crippen LogP contribution in [0.2, 0.25) is 0 Å². The number of nitrogens with one attached hydrogen (secondary N) is 2. The van der Waals surface area contributed by atoms with Crippen LogP contribution in [0.15, 0.2) is 48.5 Å². The SMILES string of the molecule is CCCCOC(C)C(=O)Nc1ccccc1C(=O)Nc1cccc(OC)c1. The molecule has 0 heterocycles. The lowest BCUT2D eigenvalue weighted by atomic mass is 10.1. The number of amides is 2. The number of benzene rings is 2. The Hall–Kier alpha value is -2.86. The maximum atomic E-state index is 12.7. The van der Waals surface area contributed by atoms with E-state index in [2.05, 4.69) is 17.6 Å². The van der Waals surface area contributed by atoms with Gasteiger partial charge in [0.2, 0.25) is 0 Å². The number of carbonyl (C=O) groups is 2. The molecular formula is C21H26N2O4. The highest BCUT2D eigenvalue weighted by Gasteiger charge is 2.17. The predicted molar refractivity (Wildman–Crippen MR) is 106 cm³/mol. The number of methoxy groups -OCH3 is 1. The number of rotatable bonds is 9. The third kappa shape index (κ3) is 6.11. The van der Waals surface area contributed by atoms with Crippen molar-refractivity contribution in [3.05, 3.63) is 54.1 Å². The minimum atomic E-state index is -0.592. The molecule has 2 aromatic rings. The third-order valence-electron chi connectivity index (χ3n) is 3.99. The van der Waals surface area contributed by atoms with Crippen LogP contribution in [0.5, 0.6) is 5.75 Å². The van der Waals surface area contributed by atoms with Crippen LogP contribution in [0.25, 0.3) is 0 Å². The van der Waals surface area contributed by atoms with Crippen molar-refractivity contribution in [2.75, 3.05) is 24.4 Å². The summed E-state index contributed by atoms with van der Waals surface area (Å²) in [4.78, 5) is 25.0. The maximum absolute atomic E-state index is 12.7. The van der Waals surface area contributed by atoms with Gasteiger partial charge in [0, 0.05) is 18.4 Å². The molecule has 0 aliphatic carbocycles. The number of hydrogen-bond donors (Lipinski definition) is 2. The molecule has 1 atom stereocenters. The minimum Gasteiger partial charge on any atom is -0.497 e. The molecule has 6 heteroatoms. The second kappa shape index (κ2) is 10.3. The number of hydrogen-bond acceptors (Lipinski definition) is 4. The van der Waals surface area contributed by atoms with Crippen molar-refractivity contribution < 1.29 is 19.1 Å². The largest absolute Gasteiger partial charge is 0.497 e. The summed E-state index contributed by atoms with van der Waals surface area (Å²) in [5.41, 5.74) is 1.42. The van der Waals surface area contributed by atoms with Crippen LogP contribution in [0.1, 0.15) is 37.0 Å². The van der Waals surface area contributed by atoms with Crippen molar-refractivity contribution in [2.24, 2.45) is 0 Å². The fourth-order valence-electron chi connectivity index (χ4n) is 2.40. The summed E-state index contributed by atoms with van der Waals surface area (Å²) in [6, 6.07) is 13.9. The molecular weight excluding hydrogens is 344 g/mol. The molecule has 2 aromatic carbocycles. The number of carbonyl (C=O) groups excluding carboxylic acids is 2. The molecule has 0 fully saturated rings. The second-order valence-electron chi connectivity index (χ2n) is 6.09. The summed E-state index contributed by atoms with van der Waals surface area (Å²) >= 11 is 0. The lowest BCUT2D eigenvalue weighted by Crippen LogP contribution is -2.29. The fraction of sp³-hybridized carbons (Fsp3) is 0.333. The van der Waals surface area contributed by atoms with Crippen LogP contribution < -0.4 is 15.4 Å². The summed E-state index contributed by atoms with van der Waals surface area (Å²) in [6.45, 7) is 4.29. The first-order valence-corrected chi connectivity index (χ1v) is 9.02. The molecule has 0 radical (unpaired) electrons. The smallest absolute Gasteiger partial charge is 0.257 e. The Kier molecular flexibility index (Phi) is 7.82. The van der Waals surface area contributed by atoms with Crippen molar-refractivity contribution in [1.29, 1.82) is 0 Å². The topological polar surface area (TPSA) is 76.7 Å². The van der Waals surface area contributed by atoms with E-state index in [4.69, 9.17) is 9.47 Å². The van der Waals surface area contributed by atoms with Gasteiger partial charge in [-0.2, -0.15) is 0 Å². The molecule has 0 aliphatic heterocycles. The van der Waals surface area contributed by atoms with E-state index >= 15 is 0 Å². The molecule has 1 unspecified atom stereocenters. The van der Waals surface area contributed by atoms with Gasteiger partial charge in [-0.15, -0.1) is 0 Å². The zero-order valence-corrected chi connectivity index (χ0v) is 16.0. The first-order valence-electron chi connectivity index (χ1n) is 9.02.